The van der Waals surface area contributed by atoms with Crippen molar-refractivity contribution in [3.8, 4) is 9.75 Å². The Morgan fingerprint density at radius 3 is 2.38 bits per heavy atom. The molecule has 0 unspecified atom stereocenters. The lowest BCUT2D eigenvalue weighted by Gasteiger charge is -1.98. The minimum Gasteiger partial charge on any atom is -0.366 e. The highest BCUT2D eigenvalue weighted by Gasteiger charge is 2.17. The van der Waals surface area contributed by atoms with E-state index in [1.165, 1.54) is 11.3 Å². The van der Waals surface area contributed by atoms with Gasteiger partial charge in [0.15, 0.2) is 0 Å². The van der Waals surface area contributed by atoms with Crippen molar-refractivity contribution in [3.63, 3.8) is 0 Å². The molecule has 0 saturated heterocycles. The summed E-state index contributed by atoms with van der Waals surface area (Å²) in [6.07, 6.45) is 0. The first-order chi connectivity index (χ1) is 10.0. The lowest BCUT2D eigenvalue weighted by atomic mass is 10.2. The molecule has 0 radical (unpaired) electrons. The zero-order valence-corrected chi connectivity index (χ0v) is 12.4. The Labute approximate surface area is 128 Å². The van der Waals surface area contributed by atoms with Gasteiger partial charge in [-0.05, 0) is 23.6 Å². The molecular formula is C14H11N3O2S2. The molecule has 3 amide bonds. The van der Waals surface area contributed by atoms with Gasteiger partial charge in [0.05, 0.1) is 5.56 Å². The monoisotopic (exact) mass is 317 g/mol. The smallest absolute Gasteiger partial charge is 0.317 e. The molecule has 1 aromatic carbocycles. The summed E-state index contributed by atoms with van der Waals surface area (Å²) in [4.78, 5) is 24.3. The average Bonchev–Trinajstić information content (AvgIpc) is 3.00. The standard InChI is InChI=1S/C14H11N3O2S2/c15-12(18)8-6-11(21-13(8)17-14(16)19)10-5-7-3-1-2-4-9(7)20-10/h1-6H,(H2,15,18)(H3,16,17,19). The fourth-order valence-electron chi connectivity index (χ4n) is 2.00. The Morgan fingerprint density at radius 2 is 1.71 bits per heavy atom. The first-order valence-corrected chi connectivity index (χ1v) is 7.67. The van der Waals surface area contributed by atoms with Gasteiger partial charge in [-0.15, -0.1) is 22.7 Å². The van der Waals surface area contributed by atoms with Crippen LogP contribution < -0.4 is 16.8 Å². The van der Waals surface area contributed by atoms with E-state index in [2.05, 4.69) is 5.32 Å². The maximum atomic E-state index is 11.5. The molecule has 2 aromatic heterocycles. The Kier molecular flexibility index (Phi) is 3.36. The van der Waals surface area contributed by atoms with Gasteiger partial charge in [0.2, 0.25) is 0 Å². The molecule has 21 heavy (non-hydrogen) atoms. The van der Waals surface area contributed by atoms with Crippen LogP contribution in [-0.2, 0) is 0 Å². The summed E-state index contributed by atoms with van der Waals surface area (Å²) in [7, 11) is 0. The van der Waals surface area contributed by atoms with Gasteiger partial charge in [0, 0.05) is 14.5 Å². The molecule has 0 saturated carbocycles. The van der Waals surface area contributed by atoms with Crippen molar-refractivity contribution in [3.05, 3.63) is 42.0 Å². The fourth-order valence-corrected chi connectivity index (χ4v) is 4.20. The average molecular weight is 317 g/mol. The molecule has 3 aromatic rings. The van der Waals surface area contributed by atoms with Crippen LogP contribution in [0.2, 0.25) is 0 Å². The first kappa shape index (κ1) is 13.6. The Morgan fingerprint density at radius 1 is 1.00 bits per heavy atom. The highest BCUT2D eigenvalue weighted by atomic mass is 32.1. The molecule has 5 nitrogen and oxygen atoms in total. The highest BCUT2D eigenvalue weighted by Crippen LogP contribution is 2.40. The molecule has 0 aliphatic carbocycles. The molecule has 7 heteroatoms. The van der Waals surface area contributed by atoms with Gasteiger partial charge in [-0.1, -0.05) is 18.2 Å². The van der Waals surface area contributed by atoms with E-state index in [9.17, 15) is 9.59 Å². The van der Waals surface area contributed by atoms with Gasteiger partial charge in [0.25, 0.3) is 5.91 Å². The third kappa shape index (κ3) is 2.61. The number of carbonyl (C=O) groups excluding carboxylic acids is 2. The fraction of sp³-hybridized carbons (Fsp3) is 0. The second-order valence-corrected chi connectivity index (χ2v) is 6.49. The van der Waals surface area contributed by atoms with E-state index in [1.807, 2.05) is 30.3 Å². The number of thiophene rings is 2. The number of nitrogens with one attached hydrogen (secondary N) is 1. The minimum atomic E-state index is -0.720. The zero-order chi connectivity index (χ0) is 15.0. The molecule has 0 aliphatic rings. The zero-order valence-electron chi connectivity index (χ0n) is 10.8. The molecule has 106 valence electrons. The quantitative estimate of drug-likeness (QED) is 0.691. The van der Waals surface area contributed by atoms with Crippen LogP contribution >= 0.6 is 22.7 Å². The van der Waals surface area contributed by atoms with Crippen molar-refractivity contribution >= 4 is 49.7 Å². The van der Waals surface area contributed by atoms with Crippen LogP contribution in [0.4, 0.5) is 9.80 Å². The van der Waals surface area contributed by atoms with Crippen LogP contribution in [0.3, 0.4) is 0 Å². The molecule has 0 fully saturated rings. The number of hydrogen-bond donors (Lipinski definition) is 3. The third-order valence-corrected chi connectivity index (χ3v) is 5.27. The Bertz CT molecular complexity index is 818. The van der Waals surface area contributed by atoms with Crippen molar-refractivity contribution in [2.24, 2.45) is 11.5 Å². The number of urea groups is 1. The number of rotatable bonds is 3. The number of nitrogens with two attached hydrogens (primary N) is 2. The second-order valence-electron chi connectivity index (χ2n) is 4.36. The topological polar surface area (TPSA) is 98.2 Å². The van der Waals surface area contributed by atoms with E-state index >= 15 is 0 Å². The molecule has 3 rings (SSSR count). The van der Waals surface area contributed by atoms with Crippen molar-refractivity contribution in [2.45, 2.75) is 0 Å². The van der Waals surface area contributed by atoms with E-state index in [1.54, 1.807) is 17.4 Å². The Hall–Kier alpha value is -2.38. The lowest BCUT2D eigenvalue weighted by Crippen LogP contribution is -2.21. The Balaban J connectivity index is 2.09. The van der Waals surface area contributed by atoms with Gasteiger partial charge in [-0.3, -0.25) is 10.1 Å². The van der Waals surface area contributed by atoms with E-state index < -0.39 is 11.9 Å². The maximum Gasteiger partial charge on any atom is 0.317 e. The molecule has 5 N–H and O–H groups in total. The summed E-state index contributed by atoms with van der Waals surface area (Å²) < 4.78 is 1.16. The summed E-state index contributed by atoms with van der Waals surface area (Å²) in [5.41, 5.74) is 10.7. The van der Waals surface area contributed by atoms with Gasteiger partial charge >= 0.3 is 6.03 Å². The number of anilines is 1. The second kappa shape index (κ2) is 5.19. The van der Waals surface area contributed by atoms with Gasteiger partial charge < -0.3 is 11.5 Å². The van der Waals surface area contributed by atoms with Crippen molar-refractivity contribution in [1.29, 1.82) is 0 Å². The molecule has 2 heterocycles. The number of fused-ring (bicyclic) bond motifs is 1. The van der Waals surface area contributed by atoms with Crippen molar-refractivity contribution < 1.29 is 9.59 Å². The molecular weight excluding hydrogens is 306 g/mol. The van der Waals surface area contributed by atoms with Gasteiger partial charge in [-0.25, -0.2) is 4.79 Å². The van der Waals surface area contributed by atoms with E-state index in [0.717, 1.165) is 19.8 Å². The number of hydrogen-bond acceptors (Lipinski definition) is 4. The minimum absolute atomic E-state index is 0.270. The van der Waals surface area contributed by atoms with Gasteiger partial charge in [0.1, 0.15) is 5.00 Å². The predicted octanol–water partition coefficient (Wildman–Crippen LogP) is 3.22. The van der Waals surface area contributed by atoms with Crippen LogP contribution in [-0.4, -0.2) is 11.9 Å². The number of amides is 3. The van der Waals surface area contributed by atoms with Crippen molar-refractivity contribution in [2.75, 3.05) is 5.32 Å². The number of benzene rings is 1. The van der Waals surface area contributed by atoms with Crippen LogP contribution in [0.15, 0.2) is 36.4 Å². The largest absolute Gasteiger partial charge is 0.366 e. The predicted molar refractivity (Wildman–Crippen MR) is 86.9 cm³/mol. The van der Waals surface area contributed by atoms with Crippen LogP contribution in [0.25, 0.3) is 19.8 Å². The summed E-state index contributed by atoms with van der Waals surface area (Å²) in [6.45, 7) is 0. The lowest BCUT2D eigenvalue weighted by molar-refractivity contribution is 0.100. The van der Waals surface area contributed by atoms with Crippen LogP contribution in [0.1, 0.15) is 10.4 Å². The SMILES string of the molecule is NC(=O)Nc1sc(-c2cc3ccccc3s2)cc1C(N)=O. The number of primary amides is 2. The number of carbonyl (C=O) groups is 2. The van der Waals surface area contributed by atoms with Crippen LogP contribution in [0.5, 0.6) is 0 Å². The van der Waals surface area contributed by atoms with E-state index in [4.69, 9.17) is 11.5 Å². The summed E-state index contributed by atoms with van der Waals surface area (Å²) in [5.74, 6) is -0.595. The van der Waals surface area contributed by atoms with E-state index in [0.29, 0.717) is 5.00 Å². The molecule has 0 aliphatic heterocycles. The van der Waals surface area contributed by atoms with Crippen molar-refractivity contribution in [1.82, 2.24) is 0 Å². The molecule has 0 bridgehead atoms. The summed E-state index contributed by atoms with van der Waals surface area (Å²) >= 11 is 2.90. The maximum absolute atomic E-state index is 11.5. The van der Waals surface area contributed by atoms with Gasteiger partial charge in [-0.2, -0.15) is 0 Å². The first-order valence-electron chi connectivity index (χ1n) is 6.03. The highest BCUT2D eigenvalue weighted by molar-refractivity contribution is 7.27. The normalized spacial score (nSPS) is 10.7. The van der Waals surface area contributed by atoms with E-state index in [-0.39, 0.29) is 5.56 Å². The summed E-state index contributed by atoms with van der Waals surface area (Å²) in [6, 6.07) is 11.0. The third-order valence-electron chi connectivity index (χ3n) is 2.90. The molecule has 0 atom stereocenters. The summed E-state index contributed by atoms with van der Waals surface area (Å²) in [5, 5.41) is 3.95. The van der Waals surface area contributed by atoms with Crippen LogP contribution in [0, 0.1) is 0 Å². The molecule has 0 spiro atoms.